The molecule has 44 heavy (non-hydrogen) atoms. The second-order valence-electron chi connectivity index (χ2n) is 9.46. The van der Waals surface area contributed by atoms with Crippen LogP contribution in [0.2, 0.25) is 0 Å². The molecule has 6 heterocycles. The Kier molecular flexibility index (Phi) is 9.90. The summed E-state index contributed by atoms with van der Waals surface area (Å²) in [6.45, 7) is -4.84. The Morgan fingerprint density at radius 2 is 1.80 bits per heavy atom. The van der Waals surface area contributed by atoms with E-state index in [0.717, 1.165) is 0 Å². The normalized spacial score (nSPS) is 28.3. The molecule has 4 aromatic rings. The van der Waals surface area contributed by atoms with Crippen LogP contribution in [0.15, 0.2) is 23.8 Å². The van der Waals surface area contributed by atoms with Crippen LogP contribution < -0.4 is 17.0 Å². The van der Waals surface area contributed by atoms with Gasteiger partial charge in [0.2, 0.25) is 13.6 Å². The van der Waals surface area contributed by atoms with E-state index in [1.54, 1.807) is 0 Å². The molecule has 2 aliphatic rings. The molecule has 0 bridgehead atoms. The number of nitrogens with zero attached hydrogens (tertiary/aromatic N) is 7. The van der Waals surface area contributed by atoms with E-state index in [1.165, 1.54) is 28.1 Å². The Labute approximate surface area is 258 Å². The topological polar surface area (TPSA) is 294 Å². The summed E-state index contributed by atoms with van der Waals surface area (Å²) in [6.07, 6.45) is -3.78. The van der Waals surface area contributed by atoms with Gasteiger partial charge in [0.25, 0.3) is 5.56 Å². The van der Waals surface area contributed by atoms with E-state index < -0.39 is 61.9 Å². The van der Waals surface area contributed by atoms with Crippen molar-refractivity contribution in [3.8, 4) is 0 Å². The van der Waals surface area contributed by atoms with Crippen molar-refractivity contribution in [2.75, 3.05) is 24.7 Å². The van der Waals surface area contributed by atoms with Crippen LogP contribution in [0.3, 0.4) is 0 Å². The first kappa shape index (κ1) is 32.7. The standard InChI is InChI=1S/C20H25N10O9PS.HOPS/c21-14-10-15(24-4-23-14)29(5-25-10)19-13(33)12(32)9(38-19)3-36-40(35,41)39-8-1-7(2-31)37-18(8)30-6-26-11-16(30)27-20(22)28-17(11)34;1-2-3/h4-9,12-13,18-19,31-33H,1-3H2,(H,35,41)(H2,21,23,24)(H3,22,27,28,34);(H,1,3)/t7-,8-,9+,12?,13-,18+,19+,40?;/m0./s1. The van der Waals surface area contributed by atoms with Crippen molar-refractivity contribution in [1.29, 1.82) is 0 Å². The highest BCUT2D eigenvalue weighted by Crippen LogP contribution is 2.50. The molecule has 2 saturated heterocycles. The summed E-state index contributed by atoms with van der Waals surface area (Å²) in [5, 5.41) is 31.0. The number of nitrogens with one attached hydrogen (secondary N) is 1. The number of H-pyrrole nitrogens is 1. The van der Waals surface area contributed by atoms with E-state index in [1.807, 2.05) is 0 Å². The minimum atomic E-state index is -4.03. The Balaban J connectivity index is 0.00000123. The van der Waals surface area contributed by atoms with Gasteiger partial charge in [0.1, 0.15) is 36.3 Å². The number of hydrogen-bond acceptors (Lipinski definition) is 17. The van der Waals surface area contributed by atoms with Crippen molar-refractivity contribution in [2.24, 2.45) is 0 Å². The molecule has 2 aliphatic heterocycles. The molecule has 2 fully saturated rings. The third kappa shape index (κ3) is 6.48. The molecule has 0 aliphatic carbocycles. The van der Waals surface area contributed by atoms with Crippen molar-refractivity contribution < 1.29 is 43.3 Å². The number of ether oxygens (including phenoxy) is 2. The highest BCUT2D eigenvalue weighted by Gasteiger charge is 2.46. The highest BCUT2D eigenvalue weighted by molar-refractivity contribution is 8.33. The highest BCUT2D eigenvalue weighted by atomic mass is 32.7. The third-order valence-electron chi connectivity index (χ3n) is 6.74. The molecule has 0 amide bonds. The largest absolute Gasteiger partial charge is 0.394 e. The summed E-state index contributed by atoms with van der Waals surface area (Å²) in [7, 11) is -0.139. The van der Waals surface area contributed by atoms with Crippen LogP contribution in [0, 0.1) is 0 Å². The molecule has 238 valence electrons. The van der Waals surface area contributed by atoms with E-state index >= 15 is 0 Å². The first-order chi connectivity index (χ1) is 21.0. The van der Waals surface area contributed by atoms with Gasteiger partial charge in [-0.05, 0) is 11.8 Å². The zero-order valence-corrected chi connectivity index (χ0v) is 25.7. The number of nitrogens with two attached hydrogens (primary N) is 2. The van der Waals surface area contributed by atoms with Gasteiger partial charge in [-0.2, -0.15) is 4.98 Å². The quantitative estimate of drug-likeness (QED) is 0.0791. The van der Waals surface area contributed by atoms with Gasteiger partial charge in [0.05, 0.1) is 32.0 Å². The van der Waals surface area contributed by atoms with E-state index in [9.17, 15) is 25.0 Å². The molecule has 0 saturated carbocycles. The van der Waals surface area contributed by atoms with Gasteiger partial charge in [-0.1, -0.05) is 12.2 Å². The van der Waals surface area contributed by atoms with Crippen LogP contribution in [-0.4, -0.2) is 103 Å². The van der Waals surface area contributed by atoms with Gasteiger partial charge in [-0.25, -0.2) is 19.9 Å². The maximum atomic E-state index is 12.2. The number of nitrogen functional groups attached to an aromatic ring is 2. The van der Waals surface area contributed by atoms with Crippen LogP contribution in [0.25, 0.3) is 22.3 Å². The first-order valence-corrected chi connectivity index (χ1v) is 17.1. The zero-order valence-electron chi connectivity index (χ0n) is 22.2. The molecule has 2 unspecified atom stereocenters. The fourth-order valence-corrected chi connectivity index (χ4v) is 6.27. The number of aromatic nitrogens is 8. The summed E-state index contributed by atoms with van der Waals surface area (Å²) in [5.41, 5.74) is 11.6. The molecule has 20 nitrogen and oxygen atoms in total. The van der Waals surface area contributed by atoms with E-state index in [-0.39, 0.29) is 49.3 Å². The molecule has 0 radical (unpaired) electrons. The molecule has 0 aromatic carbocycles. The molecule has 4 aromatic heterocycles. The number of hydrogen-bond donors (Lipinski definition) is 8. The number of thiol groups is 1. The van der Waals surface area contributed by atoms with Crippen molar-refractivity contribution >= 4 is 72.5 Å². The number of anilines is 2. The van der Waals surface area contributed by atoms with Gasteiger partial charge in [-0.3, -0.25) is 23.5 Å². The minimum Gasteiger partial charge on any atom is -0.394 e. The Morgan fingerprint density at radius 3 is 2.50 bits per heavy atom. The van der Waals surface area contributed by atoms with Crippen molar-refractivity contribution in [1.82, 2.24) is 39.0 Å². The number of aromatic amines is 1. The van der Waals surface area contributed by atoms with Crippen LogP contribution in [0.4, 0.5) is 11.8 Å². The van der Waals surface area contributed by atoms with Gasteiger partial charge in [0.15, 0.2) is 35.1 Å². The first-order valence-electron chi connectivity index (χ1n) is 12.5. The lowest BCUT2D eigenvalue weighted by molar-refractivity contribution is -0.0571. The number of fused-ring (bicyclic) bond motifs is 2. The van der Waals surface area contributed by atoms with Crippen LogP contribution >= 0.6 is 26.6 Å². The summed E-state index contributed by atoms with van der Waals surface area (Å²) >= 11 is 8.41. The average molecular weight is 693 g/mol. The van der Waals surface area contributed by atoms with E-state index in [2.05, 4.69) is 42.2 Å². The predicted octanol–water partition coefficient (Wildman–Crippen LogP) is -1.24. The minimum absolute atomic E-state index is 0.00557. The summed E-state index contributed by atoms with van der Waals surface area (Å²) in [6, 6.07) is 0. The monoisotopic (exact) mass is 692 g/mol. The second-order valence-corrected chi connectivity index (χ2v) is 12.9. The molecular weight excluding hydrogens is 666 g/mol. The van der Waals surface area contributed by atoms with Gasteiger partial charge in [0, 0.05) is 6.42 Å². The maximum absolute atomic E-state index is 12.2. The number of aliphatic hydroxyl groups is 3. The smallest absolute Gasteiger partial charge is 0.325 e. The Bertz CT molecular complexity index is 1760. The molecule has 6 rings (SSSR count). The van der Waals surface area contributed by atoms with Crippen LogP contribution in [-0.2, 0) is 34.9 Å². The lowest BCUT2D eigenvalue weighted by atomic mass is 10.1. The van der Waals surface area contributed by atoms with Crippen molar-refractivity contribution in [3.63, 3.8) is 0 Å². The van der Waals surface area contributed by atoms with Crippen molar-refractivity contribution in [2.45, 2.75) is 49.4 Å². The zero-order chi connectivity index (χ0) is 31.8. The SMILES string of the molecule is Nc1nc2c(ncn2[C@@H]2O[C@H](CO)C[C@@H]2OP(O)(=S)OC[C@H]2O[C@@H](n3cnc4c(N)ncnc43)[C@@H](O)C2O)c(=O)[nH]1.O=PS. The lowest BCUT2D eigenvalue weighted by Crippen LogP contribution is -2.33. The van der Waals surface area contributed by atoms with Gasteiger partial charge in [-0.15, -0.1) is 0 Å². The van der Waals surface area contributed by atoms with E-state index in [0.29, 0.717) is 5.52 Å². The second kappa shape index (κ2) is 13.3. The Morgan fingerprint density at radius 1 is 1.11 bits per heavy atom. The van der Waals surface area contributed by atoms with Gasteiger partial charge < -0.3 is 50.2 Å². The fourth-order valence-electron chi connectivity index (χ4n) is 4.82. The molecule has 0 spiro atoms. The number of imidazole rings is 2. The summed E-state index contributed by atoms with van der Waals surface area (Å²) in [5.74, 6) is -0.0172. The summed E-state index contributed by atoms with van der Waals surface area (Å²) in [4.78, 5) is 45.7. The lowest BCUT2D eigenvalue weighted by Gasteiger charge is -2.25. The van der Waals surface area contributed by atoms with Crippen molar-refractivity contribution in [3.05, 3.63) is 29.3 Å². The average Bonchev–Trinajstić information content (AvgIpc) is 3.74. The maximum Gasteiger partial charge on any atom is 0.325 e. The number of aliphatic hydroxyl groups excluding tert-OH is 3. The predicted molar refractivity (Wildman–Crippen MR) is 158 cm³/mol. The molecule has 9 N–H and O–H groups in total. The molecule has 8 atom stereocenters. The van der Waals surface area contributed by atoms with Crippen LogP contribution in [0.5, 0.6) is 0 Å². The molecule has 24 heteroatoms. The molecular formula is C20H26N10O10P2S2. The van der Waals surface area contributed by atoms with E-state index in [4.69, 9.17) is 46.4 Å². The Hall–Kier alpha value is -2.72. The third-order valence-corrected chi connectivity index (χ3v) is 8.33. The van der Waals surface area contributed by atoms with Crippen LogP contribution in [0.1, 0.15) is 18.9 Å². The summed E-state index contributed by atoms with van der Waals surface area (Å²) < 4.78 is 34.4. The number of rotatable bonds is 8. The van der Waals surface area contributed by atoms with Gasteiger partial charge >= 0.3 is 6.72 Å². The fraction of sp³-hybridized carbons (Fsp3) is 0.500.